The second-order valence-corrected chi connectivity index (χ2v) is 3.69. The van der Waals surface area contributed by atoms with Gasteiger partial charge in [-0.25, -0.2) is 5.12 Å². The fraction of sp³-hybridized carbons (Fsp3) is 0.333. The SMILES string of the molecule is FN1C=CC=CC1.O=S(=O)(O)C(F)(F)F. The van der Waals surface area contributed by atoms with Gasteiger partial charge in [0.05, 0.1) is 6.54 Å². The highest BCUT2D eigenvalue weighted by molar-refractivity contribution is 7.86. The second-order valence-electron chi connectivity index (χ2n) is 2.27. The van der Waals surface area contributed by atoms with Crippen LogP contribution in [0.25, 0.3) is 0 Å². The summed E-state index contributed by atoms with van der Waals surface area (Å²) in [5.74, 6) is 0. The van der Waals surface area contributed by atoms with Gasteiger partial charge in [0.1, 0.15) is 0 Å². The van der Waals surface area contributed by atoms with E-state index in [4.69, 9.17) is 13.0 Å². The largest absolute Gasteiger partial charge is 0.522 e. The molecule has 1 aliphatic rings. The molecule has 1 aliphatic heterocycles. The Morgan fingerprint density at radius 3 is 1.87 bits per heavy atom. The molecule has 9 heteroatoms. The van der Waals surface area contributed by atoms with Gasteiger partial charge >= 0.3 is 15.6 Å². The maximum Gasteiger partial charge on any atom is 0.522 e. The number of hydrogen-bond acceptors (Lipinski definition) is 3. The van der Waals surface area contributed by atoms with E-state index in [1.165, 1.54) is 6.20 Å². The molecule has 0 spiro atoms. The topological polar surface area (TPSA) is 57.6 Å². The van der Waals surface area contributed by atoms with Crippen molar-refractivity contribution in [3.8, 4) is 0 Å². The van der Waals surface area contributed by atoms with Crippen LogP contribution in [0.3, 0.4) is 0 Å². The highest BCUT2D eigenvalue weighted by Crippen LogP contribution is 2.20. The van der Waals surface area contributed by atoms with E-state index < -0.39 is 15.6 Å². The molecule has 0 radical (unpaired) electrons. The van der Waals surface area contributed by atoms with E-state index in [1.807, 2.05) is 6.08 Å². The van der Waals surface area contributed by atoms with Crippen molar-refractivity contribution in [2.45, 2.75) is 5.51 Å². The van der Waals surface area contributed by atoms with E-state index in [-0.39, 0.29) is 0 Å². The second kappa shape index (κ2) is 5.12. The molecular formula is C6H7F4NO3S. The fourth-order valence-corrected chi connectivity index (χ4v) is 0.444. The van der Waals surface area contributed by atoms with E-state index in [0.717, 1.165) is 0 Å². The summed E-state index contributed by atoms with van der Waals surface area (Å²) in [6.07, 6.45) is 6.61. The molecular weight excluding hydrogens is 242 g/mol. The summed E-state index contributed by atoms with van der Waals surface area (Å²) < 4.78 is 69.4. The predicted molar refractivity (Wildman–Crippen MR) is 43.7 cm³/mol. The minimum atomic E-state index is -5.84. The van der Waals surface area contributed by atoms with Gasteiger partial charge in [-0.3, -0.25) is 4.55 Å². The van der Waals surface area contributed by atoms with Gasteiger partial charge in [-0.05, 0) is 6.08 Å². The van der Waals surface area contributed by atoms with Crippen molar-refractivity contribution in [3.63, 3.8) is 0 Å². The monoisotopic (exact) mass is 249 g/mol. The van der Waals surface area contributed by atoms with Crippen LogP contribution in [0.4, 0.5) is 17.7 Å². The Morgan fingerprint density at radius 1 is 1.27 bits per heavy atom. The molecule has 0 aliphatic carbocycles. The van der Waals surface area contributed by atoms with Crippen molar-refractivity contribution in [2.75, 3.05) is 6.54 Å². The molecule has 0 aromatic heterocycles. The molecule has 1 N–H and O–H groups in total. The molecule has 15 heavy (non-hydrogen) atoms. The van der Waals surface area contributed by atoms with Crippen molar-refractivity contribution >= 4 is 10.1 Å². The van der Waals surface area contributed by atoms with Gasteiger partial charge in [0.25, 0.3) is 0 Å². The van der Waals surface area contributed by atoms with Crippen LogP contribution >= 0.6 is 0 Å². The first-order valence-corrected chi connectivity index (χ1v) is 4.88. The first kappa shape index (κ1) is 13.9. The van der Waals surface area contributed by atoms with Gasteiger partial charge in [-0.2, -0.15) is 21.6 Å². The van der Waals surface area contributed by atoms with E-state index in [2.05, 4.69) is 0 Å². The molecule has 0 atom stereocenters. The third-order valence-corrected chi connectivity index (χ3v) is 1.65. The molecule has 1 heterocycles. The molecule has 0 unspecified atom stereocenters. The minimum Gasteiger partial charge on any atom is -0.279 e. The van der Waals surface area contributed by atoms with Crippen LogP contribution in [-0.2, 0) is 10.1 Å². The lowest BCUT2D eigenvalue weighted by Gasteiger charge is -2.05. The van der Waals surface area contributed by atoms with E-state index in [9.17, 15) is 17.7 Å². The average molecular weight is 249 g/mol. The van der Waals surface area contributed by atoms with Gasteiger partial charge < -0.3 is 0 Å². The summed E-state index contributed by atoms with van der Waals surface area (Å²) in [4.78, 5) is 0. The van der Waals surface area contributed by atoms with Crippen LogP contribution in [0.2, 0.25) is 0 Å². The summed E-state index contributed by atoms with van der Waals surface area (Å²) in [5, 5.41) is 0.625. The smallest absolute Gasteiger partial charge is 0.279 e. The zero-order valence-electron chi connectivity index (χ0n) is 7.15. The van der Waals surface area contributed by atoms with Crippen molar-refractivity contribution in [1.82, 2.24) is 5.12 Å². The maximum atomic E-state index is 11.9. The number of nitrogens with zero attached hydrogens (tertiary/aromatic N) is 1. The van der Waals surface area contributed by atoms with Crippen LogP contribution in [-0.4, -0.2) is 30.1 Å². The maximum absolute atomic E-state index is 11.9. The average Bonchev–Trinajstić information content (AvgIpc) is 2.02. The lowest BCUT2D eigenvalue weighted by Crippen LogP contribution is -2.21. The third-order valence-electron chi connectivity index (χ3n) is 1.07. The van der Waals surface area contributed by atoms with E-state index >= 15 is 0 Å². The number of halogens is 4. The molecule has 4 nitrogen and oxygen atoms in total. The van der Waals surface area contributed by atoms with E-state index in [0.29, 0.717) is 11.7 Å². The number of rotatable bonds is 0. The Kier molecular flexibility index (Phi) is 4.75. The minimum absolute atomic E-state index is 0.385. The number of alkyl halides is 3. The lowest BCUT2D eigenvalue weighted by atomic mass is 10.4. The first-order chi connectivity index (χ1) is 6.64. The third kappa shape index (κ3) is 6.07. The zero-order valence-corrected chi connectivity index (χ0v) is 7.96. The van der Waals surface area contributed by atoms with Crippen molar-refractivity contribution in [1.29, 1.82) is 0 Å². The highest BCUT2D eigenvalue weighted by atomic mass is 32.2. The lowest BCUT2D eigenvalue weighted by molar-refractivity contribution is -0.0510. The van der Waals surface area contributed by atoms with Gasteiger partial charge in [-0.1, -0.05) is 12.2 Å². The Bertz CT molecular complexity index is 346. The van der Waals surface area contributed by atoms with Crippen LogP contribution in [0.5, 0.6) is 0 Å². The van der Waals surface area contributed by atoms with Crippen LogP contribution in [0, 0.1) is 0 Å². The Balaban J connectivity index is 0.000000262. The van der Waals surface area contributed by atoms with Crippen molar-refractivity contribution in [3.05, 3.63) is 24.4 Å². The molecule has 1 rings (SSSR count). The van der Waals surface area contributed by atoms with Crippen LogP contribution in [0.1, 0.15) is 0 Å². The molecule has 0 saturated carbocycles. The highest BCUT2D eigenvalue weighted by Gasteiger charge is 2.44. The van der Waals surface area contributed by atoms with Gasteiger partial charge in [0, 0.05) is 6.20 Å². The van der Waals surface area contributed by atoms with Gasteiger partial charge in [0.2, 0.25) is 0 Å². The zero-order chi connectivity index (χ0) is 12.1. The predicted octanol–water partition coefficient (Wildman–Crippen LogP) is 1.65. The Hall–Kier alpha value is -1.09. The molecule has 0 aromatic carbocycles. The first-order valence-electron chi connectivity index (χ1n) is 3.44. The molecule has 0 saturated heterocycles. The summed E-state index contributed by atoms with van der Waals surface area (Å²) >= 11 is 0. The quantitative estimate of drug-likeness (QED) is 0.307. The Morgan fingerprint density at radius 2 is 1.73 bits per heavy atom. The summed E-state index contributed by atoms with van der Waals surface area (Å²) in [7, 11) is -5.84. The van der Waals surface area contributed by atoms with Crippen LogP contribution < -0.4 is 0 Å². The fourth-order valence-electron chi connectivity index (χ4n) is 0.444. The molecule has 0 fully saturated rings. The molecule has 0 amide bonds. The summed E-state index contributed by atoms with van der Waals surface area (Å²) in [6.45, 7) is 0.385. The number of hydrogen-bond donors (Lipinski definition) is 1. The van der Waals surface area contributed by atoms with E-state index in [1.54, 1.807) is 12.2 Å². The molecule has 0 bridgehead atoms. The van der Waals surface area contributed by atoms with Crippen molar-refractivity contribution < 1.29 is 30.6 Å². The van der Waals surface area contributed by atoms with Crippen molar-refractivity contribution in [2.24, 2.45) is 0 Å². The molecule has 88 valence electrons. The van der Waals surface area contributed by atoms with Crippen LogP contribution in [0.15, 0.2) is 24.4 Å². The Labute approximate surface area is 83.2 Å². The normalized spacial score (nSPS) is 15.9. The van der Waals surface area contributed by atoms with Gasteiger partial charge in [-0.15, -0.1) is 4.48 Å². The summed E-state index contributed by atoms with van der Waals surface area (Å²) in [5.41, 5.74) is -5.53. The summed E-state index contributed by atoms with van der Waals surface area (Å²) in [6, 6.07) is 0. The van der Waals surface area contributed by atoms with Gasteiger partial charge in [0.15, 0.2) is 0 Å². The standard InChI is InChI=1S/C5H6FN.CHF3O3S/c6-7-4-2-1-3-5-7;2-1(3,4)8(5,6)7/h1-4H,5H2;(H,5,6,7). The number of allylic oxidation sites excluding steroid dienone is 2. The molecule has 0 aromatic rings.